The molecule has 1 aliphatic heterocycles. The molecule has 2 aromatic carbocycles. The van der Waals surface area contributed by atoms with Gasteiger partial charge in [-0.1, -0.05) is 67.6 Å². The van der Waals surface area contributed by atoms with Crippen LogP contribution in [0.3, 0.4) is 0 Å². The van der Waals surface area contributed by atoms with Crippen molar-refractivity contribution < 1.29 is 9.53 Å². The maximum absolute atomic E-state index is 12.1. The number of hydrogen-bond acceptors (Lipinski definition) is 3. The lowest BCUT2D eigenvalue weighted by molar-refractivity contribution is -0.166. The third kappa shape index (κ3) is 4.34. The Kier molecular flexibility index (Phi) is 6.10. The highest BCUT2D eigenvalue weighted by Crippen LogP contribution is 2.38. The molecule has 0 N–H and O–H groups in total. The van der Waals surface area contributed by atoms with Gasteiger partial charge in [-0.25, -0.2) is 0 Å². The highest BCUT2D eigenvalue weighted by molar-refractivity contribution is 5.67. The van der Waals surface area contributed by atoms with Gasteiger partial charge in [-0.2, -0.15) is 0 Å². The van der Waals surface area contributed by atoms with E-state index < -0.39 is 5.60 Å². The molecule has 3 heteroatoms. The third-order valence-electron chi connectivity index (χ3n) is 5.42. The Labute approximate surface area is 157 Å². The highest BCUT2D eigenvalue weighted by atomic mass is 16.6. The minimum atomic E-state index is -0.656. The van der Waals surface area contributed by atoms with Crippen LogP contribution in [0.25, 0.3) is 0 Å². The lowest BCUT2D eigenvalue weighted by atomic mass is 9.77. The van der Waals surface area contributed by atoms with Crippen LogP contribution in [-0.2, 0) is 21.6 Å². The first-order valence-corrected chi connectivity index (χ1v) is 9.61. The first kappa shape index (κ1) is 18.7. The Bertz CT molecular complexity index is 695. The third-order valence-corrected chi connectivity index (χ3v) is 5.42. The lowest BCUT2D eigenvalue weighted by Gasteiger charge is -2.40. The molecule has 0 aromatic heterocycles. The van der Waals surface area contributed by atoms with Crippen LogP contribution in [0, 0.1) is 5.92 Å². The zero-order chi connectivity index (χ0) is 18.4. The first-order valence-electron chi connectivity index (χ1n) is 9.61. The van der Waals surface area contributed by atoms with Gasteiger partial charge in [0, 0.05) is 25.8 Å². The number of esters is 1. The van der Waals surface area contributed by atoms with E-state index in [-0.39, 0.29) is 11.9 Å². The monoisotopic (exact) mass is 351 g/mol. The van der Waals surface area contributed by atoms with Gasteiger partial charge in [-0.05, 0) is 37.1 Å². The molecule has 26 heavy (non-hydrogen) atoms. The van der Waals surface area contributed by atoms with Crippen molar-refractivity contribution in [2.75, 3.05) is 19.6 Å². The summed E-state index contributed by atoms with van der Waals surface area (Å²) in [7, 11) is 0. The number of nitrogens with zero attached hydrogens (tertiary/aromatic N) is 1. The van der Waals surface area contributed by atoms with Gasteiger partial charge in [0.15, 0.2) is 0 Å². The van der Waals surface area contributed by atoms with E-state index in [1.807, 2.05) is 36.4 Å². The van der Waals surface area contributed by atoms with Crippen LogP contribution < -0.4 is 0 Å². The predicted molar refractivity (Wildman–Crippen MR) is 105 cm³/mol. The number of likely N-dealkylation sites (tertiary alicyclic amines) is 1. The summed E-state index contributed by atoms with van der Waals surface area (Å²) in [6, 6.07) is 20.6. The number of ether oxygens (including phenoxy) is 1. The van der Waals surface area contributed by atoms with Gasteiger partial charge in [-0.15, -0.1) is 0 Å². The molecule has 3 rings (SSSR count). The van der Waals surface area contributed by atoms with Crippen molar-refractivity contribution in [3.8, 4) is 0 Å². The van der Waals surface area contributed by atoms with E-state index in [1.165, 1.54) is 25.3 Å². The Balaban J connectivity index is 1.99. The SMILES string of the molecule is CC(=O)O[C@@](Cc1ccccc1)(c1ccccc1)[C@H](C)CN1CCCC1. The van der Waals surface area contributed by atoms with Gasteiger partial charge in [0.1, 0.15) is 5.60 Å². The van der Waals surface area contributed by atoms with Crippen LogP contribution in [0.5, 0.6) is 0 Å². The van der Waals surface area contributed by atoms with E-state index in [9.17, 15) is 4.79 Å². The molecule has 1 saturated heterocycles. The summed E-state index contributed by atoms with van der Waals surface area (Å²) in [6.07, 6.45) is 3.21. The van der Waals surface area contributed by atoms with Crippen molar-refractivity contribution in [2.24, 2.45) is 5.92 Å². The molecule has 1 aliphatic rings. The quantitative estimate of drug-likeness (QED) is 0.692. The zero-order valence-electron chi connectivity index (χ0n) is 15.9. The molecule has 0 amide bonds. The topological polar surface area (TPSA) is 29.5 Å². The summed E-state index contributed by atoms with van der Waals surface area (Å²) >= 11 is 0. The van der Waals surface area contributed by atoms with E-state index in [4.69, 9.17) is 4.74 Å². The molecular formula is C23H29NO2. The average molecular weight is 351 g/mol. The van der Waals surface area contributed by atoms with Crippen LogP contribution in [0.1, 0.15) is 37.8 Å². The van der Waals surface area contributed by atoms with Crippen molar-refractivity contribution in [3.63, 3.8) is 0 Å². The number of benzene rings is 2. The minimum absolute atomic E-state index is 0.187. The fraction of sp³-hybridized carbons (Fsp3) is 0.435. The summed E-state index contributed by atoms with van der Waals surface area (Å²) < 4.78 is 6.13. The Morgan fingerprint density at radius 3 is 2.19 bits per heavy atom. The van der Waals surface area contributed by atoms with Crippen LogP contribution in [0.15, 0.2) is 60.7 Å². The standard InChI is InChI=1S/C23H29NO2/c1-19(18-24-15-9-10-16-24)23(26-20(2)25,22-13-7-4-8-14-22)17-21-11-5-3-6-12-21/h3-8,11-14,19H,9-10,15-18H2,1-2H3/t19-,23-/m1/s1. The van der Waals surface area contributed by atoms with Crippen LogP contribution >= 0.6 is 0 Å². The van der Waals surface area contributed by atoms with Gasteiger partial charge in [0.2, 0.25) is 0 Å². The Morgan fingerprint density at radius 1 is 1.04 bits per heavy atom. The molecule has 1 heterocycles. The maximum atomic E-state index is 12.1. The molecule has 138 valence electrons. The van der Waals surface area contributed by atoms with E-state index in [2.05, 4.69) is 36.1 Å². The molecule has 2 aromatic rings. The predicted octanol–water partition coefficient (Wildman–Crippen LogP) is 4.42. The van der Waals surface area contributed by atoms with E-state index in [0.29, 0.717) is 6.42 Å². The van der Waals surface area contributed by atoms with Crippen molar-refractivity contribution in [1.82, 2.24) is 4.90 Å². The molecule has 0 aliphatic carbocycles. The summed E-state index contributed by atoms with van der Waals surface area (Å²) in [5.41, 5.74) is 1.61. The number of hydrogen-bond donors (Lipinski definition) is 0. The number of rotatable bonds is 7. The molecule has 0 bridgehead atoms. The molecule has 1 fully saturated rings. The Hall–Kier alpha value is -2.13. The summed E-state index contributed by atoms with van der Waals surface area (Å²) in [6.45, 7) is 6.96. The average Bonchev–Trinajstić information content (AvgIpc) is 3.15. The molecular weight excluding hydrogens is 322 g/mol. The zero-order valence-corrected chi connectivity index (χ0v) is 15.9. The minimum Gasteiger partial charge on any atom is -0.454 e. The molecule has 0 radical (unpaired) electrons. The van der Waals surface area contributed by atoms with Gasteiger partial charge in [-0.3, -0.25) is 4.79 Å². The van der Waals surface area contributed by atoms with Crippen molar-refractivity contribution in [3.05, 3.63) is 71.8 Å². The van der Waals surface area contributed by atoms with Crippen molar-refractivity contribution in [1.29, 1.82) is 0 Å². The van der Waals surface area contributed by atoms with Crippen LogP contribution in [-0.4, -0.2) is 30.5 Å². The number of carbonyl (C=O) groups is 1. The van der Waals surface area contributed by atoms with Crippen molar-refractivity contribution >= 4 is 5.97 Å². The second kappa shape index (κ2) is 8.50. The molecule has 3 nitrogen and oxygen atoms in total. The highest BCUT2D eigenvalue weighted by Gasteiger charge is 2.42. The smallest absolute Gasteiger partial charge is 0.303 e. The fourth-order valence-corrected chi connectivity index (χ4v) is 4.13. The van der Waals surface area contributed by atoms with Gasteiger partial charge in [0.25, 0.3) is 0 Å². The maximum Gasteiger partial charge on any atom is 0.303 e. The fourth-order valence-electron chi connectivity index (χ4n) is 4.13. The molecule has 0 saturated carbocycles. The molecule has 0 unspecified atom stereocenters. The molecule has 2 atom stereocenters. The van der Waals surface area contributed by atoms with E-state index in [0.717, 1.165) is 25.2 Å². The van der Waals surface area contributed by atoms with Crippen LogP contribution in [0.2, 0.25) is 0 Å². The van der Waals surface area contributed by atoms with Gasteiger partial charge in [0.05, 0.1) is 0 Å². The Morgan fingerprint density at radius 2 is 1.62 bits per heavy atom. The summed E-state index contributed by atoms with van der Waals surface area (Å²) in [5.74, 6) is -0.0369. The second-order valence-corrected chi connectivity index (χ2v) is 7.42. The normalized spacial score (nSPS) is 18.2. The molecule has 0 spiro atoms. The van der Waals surface area contributed by atoms with E-state index >= 15 is 0 Å². The summed E-state index contributed by atoms with van der Waals surface area (Å²) in [5, 5.41) is 0. The van der Waals surface area contributed by atoms with Crippen LogP contribution in [0.4, 0.5) is 0 Å². The lowest BCUT2D eigenvalue weighted by Crippen LogP contribution is -2.45. The second-order valence-electron chi connectivity index (χ2n) is 7.42. The van der Waals surface area contributed by atoms with E-state index in [1.54, 1.807) is 0 Å². The number of carbonyl (C=O) groups excluding carboxylic acids is 1. The van der Waals surface area contributed by atoms with Crippen molar-refractivity contribution in [2.45, 2.75) is 38.7 Å². The van der Waals surface area contributed by atoms with Gasteiger partial charge < -0.3 is 9.64 Å². The van der Waals surface area contributed by atoms with Gasteiger partial charge >= 0.3 is 5.97 Å². The first-order chi connectivity index (χ1) is 12.6. The summed E-state index contributed by atoms with van der Waals surface area (Å²) in [4.78, 5) is 14.6. The largest absolute Gasteiger partial charge is 0.454 e.